The molecule has 0 spiro atoms. The Balaban J connectivity index is 2.36. The minimum absolute atomic E-state index is 0.118. The monoisotopic (exact) mass is 510 g/mol. The third-order valence-electron chi connectivity index (χ3n) is 5.44. The maximum Gasteiger partial charge on any atom is 0.343 e. The summed E-state index contributed by atoms with van der Waals surface area (Å²) in [6.45, 7) is 11.4. The van der Waals surface area contributed by atoms with Gasteiger partial charge >= 0.3 is 5.63 Å². The number of ether oxygens (including phenoxy) is 1. The second-order valence-corrected chi connectivity index (χ2v) is 11.2. The number of rotatable bonds is 6. The van der Waals surface area contributed by atoms with Crippen molar-refractivity contribution in [1.82, 2.24) is 9.71 Å². The summed E-state index contributed by atoms with van der Waals surface area (Å²) in [5.41, 5.74) is 1.50. The molecule has 0 unspecified atom stereocenters. The largest absolute Gasteiger partial charge is 0.496 e. The molecule has 9 heteroatoms. The highest BCUT2D eigenvalue weighted by Crippen LogP contribution is 2.41. The molecule has 0 radical (unpaired) electrons. The zero-order chi connectivity index (χ0) is 26.8. The van der Waals surface area contributed by atoms with Gasteiger partial charge in [0.1, 0.15) is 11.5 Å². The third kappa shape index (κ3) is 6.04. The minimum Gasteiger partial charge on any atom is -0.496 e. The van der Waals surface area contributed by atoms with Crippen molar-refractivity contribution in [1.29, 1.82) is 0 Å². The first-order valence-electron chi connectivity index (χ1n) is 11.1. The van der Waals surface area contributed by atoms with Gasteiger partial charge in [-0.15, -0.1) is 0 Å². The number of H-pyrrole nitrogens is 1. The van der Waals surface area contributed by atoms with Gasteiger partial charge in [0.05, 0.1) is 24.1 Å². The lowest BCUT2D eigenvalue weighted by molar-refractivity contribution is 0.397. The molecule has 0 aliphatic carbocycles. The highest BCUT2D eigenvalue weighted by atomic mass is 32.2. The Labute approximate surface area is 209 Å². The van der Waals surface area contributed by atoms with Gasteiger partial charge in [0.2, 0.25) is 10.0 Å². The summed E-state index contributed by atoms with van der Waals surface area (Å²) in [5, 5.41) is 0.561. The molecule has 0 amide bonds. The van der Waals surface area contributed by atoms with Gasteiger partial charge in [0.15, 0.2) is 0 Å². The molecule has 3 aromatic rings. The van der Waals surface area contributed by atoms with Crippen molar-refractivity contribution in [3.05, 3.63) is 85.1 Å². The molecule has 36 heavy (non-hydrogen) atoms. The van der Waals surface area contributed by atoms with Crippen LogP contribution in [0.25, 0.3) is 35.1 Å². The average molecular weight is 511 g/mol. The average Bonchev–Trinajstić information content (AvgIpc) is 2.77. The Morgan fingerprint density at radius 2 is 1.86 bits per heavy atom. The van der Waals surface area contributed by atoms with E-state index in [-0.39, 0.29) is 22.0 Å². The van der Waals surface area contributed by atoms with Crippen molar-refractivity contribution in [2.75, 3.05) is 13.4 Å². The predicted octanol–water partition coefficient (Wildman–Crippen LogP) is 2.61. The Bertz CT molecular complexity index is 1670. The van der Waals surface area contributed by atoms with Gasteiger partial charge < -0.3 is 14.1 Å². The molecule has 0 bridgehead atoms. The predicted molar refractivity (Wildman–Crippen MR) is 143 cm³/mol. The van der Waals surface area contributed by atoms with Crippen LogP contribution < -0.4 is 31.1 Å². The van der Waals surface area contributed by atoms with Gasteiger partial charge in [-0.3, -0.25) is 9.52 Å². The van der Waals surface area contributed by atoms with Gasteiger partial charge in [-0.2, -0.15) is 0 Å². The van der Waals surface area contributed by atoms with Gasteiger partial charge in [-0.1, -0.05) is 33.4 Å². The summed E-state index contributed by atoms with van der Waals surface area (Å²) < 4.78 is 36.7. The number of hydrogen-bond acceptors (Lipinski definition) is 6. The normalized spacial score (nSPS) is 13.1. The molecular formula is C27H30N2O6S. The van der Waals surface area contributed by atoms with E-state index in [1.54, 1.807) is 43.5 Å². The summed E-state index contributed by atoms with van der Waals surface area (Å²) in [4.78, 5) is 28.0. The van der Waals surface area contributed by atoms with Crippen molar-refractivity contribution in [3.8, 4) is 28.2 Å². The lowest BCUT2D eigenvalue weighted by atomic mass is 9.83. The zero-order valence-electron chi connectivity index (χ0n) is 21.2. The second-order valence-electron chi connectivity index (χ2n) is 9.49. The van der Waals surface area contributed by atoms with E-state index in [1.807, 2.05) is 26.8 Å². The summed E-state index contributed by atoms with van der Waals surface area (Å²) in [7, 11) is -1.90. The third-order valence-corrected chi connectivity index (χ3v) is 6.13. The highest BCUT2D eigenvalue weighted by molar-refractivity contribution is 7.88. The molecule has 0 atom stereocenters. The quantitative estimate of drug-likeness (QED) is 0.526. The van der Waals surface area contributed by atoms with E-state index in [1.165, 1.54) is 13.2 Å². The molecule has 3 rings (SSSR count). The molecule has 2 heterocycles. The van der Waals surface area contributed by atoms with E-state index < -0.39 is 15.6 Å². The van der Waals surface area contributed by atoms with Crippen LogP contribution in [0.5, 0.6) is 5.75 Å². The lowest BCUT2D eigenvalue weighted by Gasteiger charge is -2.25. The number of aromatic nitrogens is 1. The summed E-state index contributed by atoms with van der Waals surface area (Å²) in [6.07, 6.45) is 5.73. The van der Waals surface area contributed by atoms with Gasteiger partial charge in [0.25, 0.3) is 5.56 Å². The number of methoxy groups -OCH3 is 1. The molecule has 0 aliphatic rings. The van der Waals surface area contributed by atoms with Crippen LogP contribution in [-0.2, 0) is 15.4 Å². The molecule has 0 saturated carbocycles. The van der Waals surface area contributed by atoms with E-state index in [9.17, 15) is 18.0 Å². The van der Waals surface area contributed by atoms with Crippen LogP contribution in [0.1, 0.15) is 33.3 Å². The SMILES string of the molecule is C=c1c(=O)oc(-c2cc(-c3ccc[nH]c3=O)cc(C(C)(C)C)c2OC)c/c1=C/C=C(\C)NS(C)(=O)=O. The van der Waals surface area contributed by atoms with Crippen LogP contribution in [0.2, 0.25) is 0 Å². The molecule has 2 aromatic heterocycles. The van der Waals surface area contributed by atoms with Gasteiger partial charge in [-0.05, 0) is 59.5 Å². The fourth-order valence-corrected chi connectivity index (χ4v) is 4.41. The number of pyridine rings is 1. The molecule has 8 nitrogen and oxygen atoms in total. The zero-order valence-corrected chi connectivity index (χ0v) is 22.0. The van der Waals surface area contributed by atoms with Crippen molar-refractivity contribution in [3.63, 3.8) is 0 Å². The first-order chi connectivity index (χ1) is 16.7. The Morgan fingerprint density at radius 3 is 2.44 bits per heavy atom. The number of allylic oxidation sites excluding steroid dienone is 2. The summed E-state index contributed by atoms with van der Waals surface area (Å²) >= 11 is 0. The molecule has 190 valence electrons. The van der Waals surface area contributed by atoms with E-state index in [4.69, 9.17) is 9.15 Å². The number of hydrogen-bond donors (Lipinski definition) is 2. The lowest BCUT2D eigenvalue weighted by Crippen LogP contribution is -2.37. The summed E-state index contributed by atoms with van der Waals surface area (Å²) in [6, 6.07) is 8.73. The van der Waals surface area contributed by atoms with Crippen LogP contribution in [-0.4, -0.2) is 26.8 Å². The van der Waals surface area contributed by atoms with Crippen LogP contribution in [0.15, 0.2) is 62.3 Å². The van der Waals surface area contributed by atoms with E-state index in [2.05, 4.69) is 16.3 Å². The summed E-state index contributed by atoms with van der Waals surface area (Å²) in [5.74, 6) is 0.729. The van der Waals surface area contributed by atoms with Gasteiger partial charge in [-0.25, -0.2) is 13.2 Å². The highest BCUT2D eigenvalue weighted by Gasteiger charge is 2.25. The van der Waals surface area contributed by atoms with E-state index >= 15 is 0 Å². The van der Waals surface area contributed by atoms with Gasteiger partial charge in [0, 0.05) is 23.0 Å². The fraction of sp³-hybridized carbons (Fsp3) is 0.259. The molecule has 0 aliphatic heterocycles. The fourth-order valence-electron chi connectivity index (χ4n) is 3.75. The first-order valence-corrected chi connectivity index (χ1v) is 13.0. The molecular weight excluding hydrogens is 480 g/mol. The Kier molecular flexibility index (Phi) is 7.45. The molecule has 0 saturated heterocycles. The van der Waals surface area contributed by atoms with Crippen molar-refractivity contribution in [2.24, 2.45) is 0 Å². The molecule has 2 N–H and O–H groups in total. The van der Waals surface area contributed by atoms with Crippen LogP contribution in [0.4, 0.5) is 0 Å². The van der Waals surface area contributed by atoms with Crippen LogP contribution >= 0.6 is 0 Å². The Morgan fingerprint density at radius 1 is 1.17 bits per heavy atom. The number of sulfonamides is 1. The van der Waals surface area contributed by atoms with Crippen LogP contribution in [0, 0.1) is 0 Å². The Hall–Kier alpha value is -3.85. The standard InChI is InChI=1S/C27H30N2O6S/c1-16(29-36(7,32)33)10-11-18-15-23(35-26(31)17(18)2)21-13-19(20-9-8-12-28-25(20)30)14-22(24(21)34-6)27(3,4)5/h8-15,29H,2H2,1,3-7H3,(H,28,30)/b16-10+,18-11-. The minimum atomic E-state index is -3.44. The molecule has 0 fully saturated rings. The van der Waals surface area contributed by atoms with Crippen molar-refractivity contribution < 1.29 is 17.6 Å². The van der Waals surface area contributed by atoms with Crippen LogP contribution in [0.3, 0.4) is 0 Å². The smallest absolute Gasteiger partial charge is 0.343 e. The van der Waals surface area contributed by atoms with E-state index in [0.717, 1.165) is 11.8 Å². The van der Waals surface area contributed by atoms with Crippen molar-refractivity contribution >= 4 is 22.7 Å². The molecule has 1 aromatic carbocycles. The first kappa shape index (κ1) is 26.7. The number of nitrogens with one attached hydrogen (secondary N) is 2. The number of benzene rings is 1. The maximum atomic E-state index is 12.7. The second kappa shape index (κ2) is 10.0. The van der Waals surface area contributed by atoms with E-state index in [0.29, 0.717) is 33.4 Å². The number of aromatic amines is 1. The van der Waals surface area contributed by atoms with Crippen molar-refractivity contribution in [2.45, 2.75) is 33.1 Å². The topological polar surface area (TPSA) is 118 Å². The maximum absolute atomic E-state index is 12.7.